The largest absolute Gasteiger partial charge is 0.386 e. The minimum absolute atomic E-state index is 0.311. The summed E-state index contributed by atoms with van der Waals surface area (Å²) < 4.78 is 0.680. The molecule has 0 aliphatic rings. The van der Waals surface area contributed by atoms with E-state index in [1.165, 1.54) is 16.2 Å². The molecular formula is C15H20ClN3OS2. The molecule has 4 nitrogen and oxygen atoms in total. The zero-order chi connectivity index (χ0) is 15.8. The Morgan fingerprint density at radius 3 is 2.86 bits per heavy atom. The summed E-state index contributed by atoms with van der Waals surface area (Å²) in [6.45, 7) is 3.93. The summed E-state index contributed by atoms with van der Waals surface area (Å²) in [6.07, 6.45) is 0.343. The van der Waals surface area contributed by atoms with Gasteiger partial charge in [0.1, 0.15) is 6.10 Å². The van der Waals surface area contributed by atoms with Crippen LogP contribution in [0.5, 0.6) is 0 Å². The number of aliphatic hydroxyl groups is 1. The quantitative estimate of drug-likeness (QED) is 0.526. The van der Waals surface area contributed by atoms with Gasteiger partial charge in [0, 0.05) is 22.8 Å². The number of hydrogen-bond donors (Lipinski definition) is 3. The van der Waals surface area contributed by atoms with Gasteiger partial charge in [-0.25, -0.2) is 0 Å². The SMILES string of the molecule is CCNC(=NCC(O)c1ccc(Cl)s1)NCCc1cccs1. The predicted molar refractivity (Wildman–Crippen MR) is 96.3 cm³/mol. The average molecular weight is 358 g/mol. The Kier molecular flexibility index (Phi) is 7.18. The van der Waals surface area contributed by atoms with Gasteiger partial charge in [0.05, 0.1) is 10.9 Å². The van der Waals surface area contributed by atoms with Crippen LogP contribution >= 0.6 is 34.3 Å². The predicted octanol–water partition coefficient (Wildman–Crippen LogP) is 3.29. The van der Waals surface area contributed by atoms with Crippen molar-refractivity contribution in [2.24, 2.45) is 4.99 Å². The highest BCUT2D eigenvalue weighted by molar-refractivity contribution is 7.16. The lowest BCUT2D eigenvalue weighted by atomic mass is 10.3. The van der Waals surface area contributed by atoms with Crippen LogP contribution in [0.25, 0.3) is 0 Å². The summed E-state index contributed by atoms with van der Waals surface area (Å²) >= 11 is 9.02. The normalized spacial score (nSPS) is 13.1. The summed E-state index contributed by atoms with van der Waals surface area (Å²) in [6, 6.07) is 7.81. The lowest BCUT2D eigenvalue weighted by Gasteiger charge is -2.12. The molecule has 0 fully saturated rings. The van der Waals surface area contributed by atoms with Crippen molar-refractivity contribution in [1.29, 1.82) is 0 Å². The van der Waals surface area contributed by atoms with Gasteiger partial charge in [-0.05, 0) is 36.9 Å². The summed E-state index contributed by atoms with van der Waals surface area (Å²) in [4.78, 5) is 6.61. The monoisotopic (exact) mass is 357 g/mol. The molecule has 2 rings (SSSR count). The second kappa shape index (κ2) is 9.15. The summed E-state index contributed by atoms with van der Waals surface area (Å²) in [5.41, 5.74) is 0. The number of hydrogen-bond acceptors (Lipinski definition) is 4. The third-order valence-electron chi connectivity index (χ3n) is 2.93. The molecule has 0 saturated heterocycles. The molecule has 120 valence electrons. The fourth-order valence-electron chi connectivity index (χ4n) is 1.88. The highest BCUT2D eigenvalue weighted by atomic mass is 35.5. The summed E-state index contributed by atoms with van der Waals surface area (Å²) in [5.74, 6) is 0.723. The first-order chi connectivity index (χ1) is 10.7. The van der Waals surface area contributed by atoms with Crippen LogP contribution in [0.4, 0.5) is 0 Å². The lowest BCUT2D eigenvalue weighted by Crippen LogP contribution is -2.38. The van der Waals surface area contributed by atoms with Crippen molar-refractivity contribution in [2.75, 3.05) is 19.6 Å². The second-order valence-corrected chi connectivity index (χ2v) is 7.41. The van der Waals surface area contributed by atoms with Gasteiger partial charge in [-0.15, -0.1) is 22.7 Å². The van der Waals surface area contributed by atoms with Gasteiger partial charge in [0.2, 0.25) is 0 Å². The van der Waals surface area contributed by atoms with Crippen LogP contribution in [0.1, 0.15) is 22.8 Å². The molecule has 2 heterocycles. The maximum Gasteiger partial charge on any atom is 0.191 e. The molecule has 0 radical (unpaired) electrons. The molecule has 0 amide bonds. The van der Waals surface area contributed by atoms with E-state index in [2.05, 4.69) is 33.1 Å². The van der Waals surface area contributed by atoms with E-state index in [-0.39, 0.29) is 0 Å². The van der Waals surface area contributed by atoms with Crippen molar-refractivity contribution in [3.63, 3.8) is 0 Å². The number of nitrogens with one attached hydrogen (secondary N) is 2. The van der Waals surface area contributed by atoms with E-state index in [1.807, 2.05) is 13.0 Å². The van der Waals surface area contributed by atoms with Crippen LogP contribution in [-0.2, 0) is 6.42 Å². The molecule has 2 aromatic heterocycles. The molecule has 2 aromatic rings. The van der Waals surface area contributed by atoms with Crippen LogP contribution in [0.15, 0.2) is 34.6 Å². The molecular weight excluding hydrogens is 338 g/mol. The maximum atomic E-state index is 10.1. The molecule has 3 N–H and O–H groups in total. The van der Waals surface area contributed by atoms with Crippen molar-refractivity contribution in [1.82, 2.24) is 10.6 Å². The number of aliphatic imine (C=N–C) groups is 1. The van der Waals surface area contributed by atoms with Gasteiger partial charge in [0.25, 0.3) is 0 Å². The third-order valence-corrected chi connectivity index (χ3v) is 5.20. The minimum Gasteiger partial charge on any atom is -0.386 e. The molecule has 0 aromatic carbocycles. The lowest BCUT2D eigenvalue weighted by molar-refractivity contribution is 0.191. The topological polar surface area (TPSA) is 56.7 Å². The van der Waals surface area contributed by atoms with Gasteiger partial charge in [0.15, 0.2) is 5.96 Å². The third kappa shape index (κ3) is 5.61. The Hall–Kier alpha value is -1.08. The van der Waals surface area contributed by atoms with Crippen molar-refractivity contribution in [2.45, 2.75) is 19.4 Å². The van der Waals surface area contributed by atoms with Crippen molar-refractivity contribution in [3.8, 4) is 0 Å². The fourth-order valence-corrected chi connectivity index (χ4v) is 3.62. The zero-order valence-electron chi connectivity index (χ0n) is 12.4. The minimum atomic E-state index is -0.620. The number of aliphatic hydroxyl groups excluding tert-OH is 1. The van der Waals surface area contributed by atoms with E-state index in [1.54, 1.807) is 17.4 Å². The summed E-state index contributed by atoms with van der Waals surface area (Å²) in [5, 5.41) is 18.7. The molecule has 0 spiro atoms. The standard InChI is InChI=1S/C15H20ClN3OS2/c1-2-17-15(18-8-7-11-4-3-9-21-11)19-10-12(20)13-5-6-14(16)22-13/h3-6,9,12,20H,2,7-8,10H2,1H3,(H2,17,18,19). The number of nitrogens with zero attached hydrogens (tertiary/aromatic N) is 1. The molecule has 1 atom stereocenters. The van der Waals surface area contributed by atoms with Crippen molar-refractivity contribution >= 4 is 40.2 Å². The highest BCUT2D eigenvalue weighted by Gasteiger charge is 2.10. The van der Waals surface area contributed by atoms with E-state index in [4.69, 9.17) is 11.6 Å². The van der Waals surface area contributed by atoms with Gasteiger partial charge >= 0.3 is 0 Å². The van der Waals surface area contributed by atoms with Gasteiger partial charge < -0.3 is 15.7 Å². The van der Waals surface area contributed by atoms with E-state index >= 15 is 0 Å². The van der Waals surface area contributed by atoms with E-state index < -0.39 is 6.10 Å². The molecule has 7 heteroatoms. The molecule has 0 saturated carbocycles. The van der Waals surface area contributed by atoms with E-state index in [9.17, 15) is 5.11 Å². The Bertz CT molecular complexity index is 583. The Labute approximate surface area is 143 Å². The first-order valence-electron chi connectivity index (χ1n) is 7.17. The molecule has 22 heavy (non-hydrogen) atoms. The number of halogens is 1. The van der Waals surface area contributed by atoms with E-state index in [0.29, 0.717) is 10.9 Å². The molecule has 1 unspecified atom stereocenters. The Morgan fingerprint density at radius 1 is 1.36 bits per heavy atom. The second-order valence-electron chi connectivity index (χ2n) is 4.63. The van der Waals surface area contributed by atoms with Crippen LogP contribution in [-0.4, -0.2) is 30.7 Å². The number of thiophene rings is 2. The van der Waals surface area contributed by atoms with Crippen LogP contribution in [0.2, 0.25) is 4.34 Å². The molecule has 0 aliphatic carbocycles. The van der Waals surface area contributed by atoms with Crippen LogP contribution < -0.4 is 10.6 Å². The van der Waals surface area contributed by atoms with Crippen LogP contribution in [0.3, 0.4) is 0 Å². The Balaban J connectivity index is 1.83. The number of guanidine groups is 1. The zero-order valence-corrected chi connectivity index (χ0v) is 14.8. The molecule has 0 bridgehead atoms. The fraction of sp³-hybridized carbons (Fsp3) is 0.400. The summed E-state index contributed by atoms with van der Waals surface area (Å²) in [7, 11) is 0. The van der Waals surface area contributed by atoms with E-state index in [0.717, 1.165) is 30.3 Å². The van der Waals surface area contributed by atoms with Crippen molar-refractivity contribution in [3.05, 3.63) is 43.7 Å². The van der Waals surface area contributed by atoms with Gasteiger partial charge in [-0.2, -0.15) is 0 Å². The Morgan fingerprint density at radius 2 is 2.23 bits per heavy atom. The average Bonchev–Trinajstić information content (AvgIpc) is 3.16. The smallest absolute Gasteiger partial charge is 0.191 e. The maximum absolute atomic E-state index is 10.1. The highest BCUT2D eigenvalue weighted by Crippen LogP contribution is 2.26. The first-order valence-corrected chi connectivity index (χ1v) is 9.24. The van der Waals surface area contributed by atoms with Crippen molar-refractivity contribution < 1.29 is 5.11 Å². The van der Waals surface area contributed by atoms with Crippen LogP contribution in [0, 0.1) is 0 Å². The number of rotatable bonds is 7. The van der Waals surface area contributed by atoms with Gasteiger partial charge in [-0.3, -0.25) is 4.99 Å². The van der Waals surface area contributed by atoms with Gasteiger partial charge in [-0.1, -0.05) is 17.7 Å². The first kappa shape index (κ1) is 17.3. The molecule has 0 aliphatic heterocycles.